The number of ketones is 2. The minimum absolute atomic E-state index is 0. The number of aldehydes is 1. The predicted octanol–water partition coefficient (Wildman–Crippen LogP) is 15.5. The van der Waals surface area contributed by atoms with Gasteiger partial charge in [-0.05, 0) is 104 Å². The normalized spacial score (nSPS) is 11.3. The third kappa shape index (κ3) is 9.43. The van der Waals surface area contributed by atoms with Crippen LogP contribution >= 0.6 is 63.7 Å². The van der Waals surface area contributed by atoms with Crippen molar-refractivity contribution in [1.82, 2.24) is 4.98 Å². The summed E-state index contributed by atoms with van der Waals surface area (Å²) < 4.78 is 9.89. The second kappa shape index (κ2) is 19.9. The van der Waals surface area contributed by atoms with E-state index in [4.69, 9.17) is 19.3 Å². The van der Waals surface area contributed by atoms with Crippen molar-refractivity contribution in [2.75, 3.05) is 0 Å². The number of carboxylic acids is 1. The number of phenolic OH excluding ortho intramolecular Hbond substituents is 2. The summed E-state index contributed by atoms with van der Waals surface area (Å²) in [6.07, 6.45) is 0.678. The van der Waals surface area contributed by atoms with Crippen molar-refractivity contribution in [2.45, 2.75) is 14.4 Å². The Morgan fingerprint density at radius 3 is 1.56 bits per heavy atom. The fraction of sp³-hybridized carbons (Fsp3) is 0.0377. The molecular weight excluding hydrogens is 1100 g/mol. The average molecular weight is 1130 g/mol. The molecule has 9 aromatic carbocycles. The number of phenols is 2. The van der Waals surface area contributed by atoms with Crippen molar-refractivity contribution >= 4 is 142 Å². The van der Waals surface area contributed by atoms with Crippen LogP contribution in [0.3, 0.4) is 0 Å². The maximum Gasteiger partial charge on any atom is 0.300 e. The summed E-state index contributed by atoms with van der Waals surface area (Å²) in [7, 11) is 0. The smallest absolute Gasteiger partial charge is 0.300 e. The van der Waals surface area contributed by atoms with Crippen LogP contribution in [0.2, 0.25) is 0 Å². The van der Waals surface area contributed by atoms with Gasteiger partial charge in [0.1, 0.15) is 17.0 Å². The number of carboxylic acid groups (broad SMARTS) is 1. The van der Waals surface area contributed by atoms with Crippen LogP contribution in [0.4, 0.5) is 0 Å². The average Bonchev–Trinajstić information content (AvgIpc) is 3.74. The monoisotopic (exact) mass is 1130 g/mol. The molecule has 0 saturated heterocycles. The standard InChI is InChI=1S/C25H13Br2NO2.C14H6Br2O2.C11H8O2.C2H4O2.CH4/c26-14-6-8-17-18-9-7-15(27)12-20(18)24-23(19(17)11-14)28-25(30-24)22-16-4-2-1-3-13(16)5-10-21(22)29;15-7-1-3-9-10-4-2-8(16)6-12(10)14(18)13(17)11(9)5-7;12-7-10-9-4-2-1-3-8(9)5-6-11(10)13;1-2(3)4;/h1-12,29H;1-6H;1-7,13H;1H3,(H,3,4);1H4. The van der Waals surface area contributed by atoms with Crippen molar-refractivity contribution in [2.24, 2.45) is 0 Å². The quantitative estimate of drug-likeness (QED) is 0.0871. The topological polar surface area (TPSA) is 155 Å². The lowest BCUT2D eigenvalue weighted by Gasteiger charge is -2.18. The van der Waals surface area contributed by atoms with Crippen molar-refractivity contribution in [1.29, 1.82) is 0 Å². The molecule has 1 aromatic heterocycles. The highest BCUT2D eigenvalue weighted by Crippen LogP contribution is 2.43. The molecule has 1 heterocycles. The van der Waals surface area contributed by atoms with Gasteiger partial charge in [-0.1, -0.05) is 156 Å². The number of carbonyl (C=O) groups excluding carboxylic acids is 3. The summed E-state index contributed by atoms with van der Waals surface area (Å²) in [5.41, 5.74) is 5.00. The van der Waals surface area contributed by atoms with Crippen LogP contribution < -0.4 is 0 Å². The first-order valence-electron chi connectivity index (χ1n) is 19.6. The zero-order chi connectivity index (χ0) is 46.1. The molecule has 0 radical (unpaired) electrons. The maximum atomic E-state index is 12.1. The van der Waals surface area contributed by atoms with E-state index in [0.717, 1.165) is 84.5 Å². The Morgan fingerprint density at radius 1 is 0.545 bits per heavy atom. The first-order valence-corrected chi connectivity index (χ1v) is 22.8. The second-order valence-electron chi connectivity index (χ2n) is 14.7. The van der Waals surface area contributed by atoms with Crippen LogP contribution in [-0.2, 0) is 4.79 Å². The molecule has 0 aliphatic heterocycles. The minimum Gasteiger partial charge on any atom is -0.507 e. The Morgan fingerprint density at radius 2 is 1.00 bits per heavy atom. The van der Waals surface area contributed by atoms with Gasteiger partial charge in [0.2, 0.25) is 17.5 Å². The van der Waals surface area contributed by atoms with E-state index in [1.807, 2.05) is 91.0 Å². The van der Waals surface area contributed by atoms with Crippen molar-refractivity contribution in [3.63, 3.8) is 0 Å². The zero-order valence-corrected chi connectivity index (χ0v) is 40.1. The first-order chi connectivity index (χ1) is 31.2. The first kappa shape index (κ1) is 47.5. The second-order valence-corrected chi connectivity index (χ2v) is 18.3. The number of nitrogens with zero attached hydrogens (tertiary/aromatic N) is 1. The van der Waals surface area contributed by atoms with E-state index in [9.17, 15) is 24.6 Å². The lowest BCUT2D eigenvalue weighted by molar-refractivity contribution is -0.134. The Hall–Kier alpha value is -6.51. The molecular formula is C53H35Br4NO8. The molecule has 0 spiro atoms. The minimum atomic E-state index is -0.833. The number of oxazole rings is 1. The van der Waals surface area contributed by atoms with Gasteiger partial charge in [0.25, 0.3) is 5.97 Å². The third-order valence-electron chi connectivity index (χ3n) is 10.5. The number of benzene rings is 9. The molecule has 328 valence electrons. The SMILES string of the molecule is C.CC(=O)O.O=C1C(=O)c2cc(Br)ccc2-c2ccc(Br)cc21.O=Cc1c(O)ccc2ccccc12.Oc1ccc2ccccc2c1-c1nc2c3cc(Br)ccc3c3ccc(Br)cc3c2o1. The number of Topliss-reactive ketones (excluding diaryl/α,β-unsaturated/α-hetero) is 2. The number of hydrogen-bond acceptors (Lipinski definition) is 8. The van der Waals surface area contributed by atoms with Gasteiger partial charge in [-0.3, -0.25) is 19.2 Å². The number of aromatic hydroxyl groups is 2. The molecule has 1 aliphatic rings. The van der Waals surface area contributed by atoms with Crippen LogP contribution in [-0.4, -0.2) is 44.1 Å². The van der Waals surface area contributed by atoms with Gasteiger partial charge < -0.3 is 19.7 Å². The van der Waals surface area contributed by atoms with E-state index in [-0.39, 0.29) is 18.9 Å². The molecule has 0 bridgehead atoms. The number of aromatic nitrogens is 1. The van der Waals surface area contributed by atoms with Gasteiger partial charge in [0, 0.05) is 46.7 Å². The molecule has 0 atom stereocenters. The number of halogens is 4. The van der Waals surface area contributed by atoms with Crippen LogP contribution in [0, 0.1) is 0 Å². The van der Waals surface area contributed by atoms with Crippen LogP contribution in [0.5, 0.6) is 11.5 Å². The predicted molar refractivity (Wildman–Crippen MR) is 276 cm³/mol. The molecule has 13 heteroatoms. The van der Waals surface area contributed by atoms with E-state index in [1.54, 1.807) is 24.3 Å². The van der Waals surface area contributed by atoms with E-state index in [1.165, 1.54) is 6.07 Å². The Labute approximate surface area is 411 Å². The fourth-order valence-electron chi connectivity index (χ4n) is 7.69. The summed E-state index contributed by atoms with van der Waals surface area (Å²) >= 11 is 13.8. The molecule has 9 nitrogen and oxygen atoms in total. The Balaban J connectivity index is 0.000000153. The number of fused-ring (bicyclic) bond motifs is 11. The summed E-state index contributed by atoms with van der Waals surface area (Å²) in [5.74, 6) is -1.13. The van der Waals surface area contributed by atoms with Gasteiger partial charge in [-0.2, -0.15) is 0 Å². The third-order valence-corrected chi connectivity index (χ3v) is 12.5. The van der Waals surface area contributed by atoms with E-state index in [2.05, 4.69) is 88.0 Å². The summed E-state index contributed by atoms with van der Waals surface area (Å²) in [4.78, 5) is 48.7. The summed E-state index contributed by atoms with van der Waals surface area (Å²) in [6, 6.07) is 45.5. The number of carbonyl (C=O) groups is 4. The van der Waals surface area contributed by atoms with E-state index in [0.29, 0.717) is 40.0 Å². The van der Waals surface area contributed by atoms with Crippen molar-refractivity contribution < 1.29 is 38.9 Å². The largest absolute Gasteiger partial charge is 0.507 e. The molecule has 1 aliphatic carbocycles. The summed E-state index contributed by atoms with van der Waals surface area (Å²) in [5, 5.41) is 35.3. The van der Waals surface area contributed by atoms with Crippen LogP contribution in [0.1, 0.15) is 45.4 Å². The van der Waals surface area contributed by atoms with Gasteiger partial charge in [0.05, 0.1) is 11.1 Å². The van der Waals surface area contributed by atoms with Gasteiger partial charge >= 0.3 is 0 Å². The molecule has 11 rings (SSSR count). The summed E-state index contributed by atoms with van der Waals surface area (Å²) in [6.45, 7) is 1.08. The zero-order valence-electron chi connectivity index (χ0n) is 33.8. The highest BCUT2D eigenvalue weighted by molar-refractivity contribution is 9.11. The van der Waals surface area contributed by atoms with Crippen molar-refractivity contribution in [3.05, 3.63) is 180 Å². The highest BCUT2D eigenvalue weighted by atomic mass is 79.9. The molecule has 0 fully saturated rings. The number of rotatable bonds is 2. The van der Waals surface area contributed by atoms with E-state index >= 15 is 0 Å². The lowest BCUT2D eigenvalue weighted by atomic mass is 9.84. The van der Waals surface area contributed by atoms with Gasteiger partial charge in [0.15, 0.2) is 11.9 Å². The van der Waals surface area contributed by atoms with Crippen LogP contribution in [0.25, 0.3) is 76.8 Å². The van der Waals surface area contributed by atoms with Crippen molar-refractivity contribution in [3.8, 4) is 34.1 Å². The molecule has 0 amide bonds. The molecule has 3 N–H and O–H groups in total. The van der Waals surface area contributed by atoms with Gasteiger partial charge in [-0.15, -0.1) is 0 Å². The Kier molecular flexibility index (Phi) is 14.3. The molecule has 66 heavy (non-hydrogen) atoms. The van der Waals surface area contributed by atoms with Crippen LogP contribution in [0.15, 0.2) is 168 Å². The number of hydrogen-bond donors (Lipinski definition) is 3. The maximum absolute atomic E-state index is 12.1. The van der Waals surface area contributed by atoms with Gasteiger partial charge in [-0.25, -0.2) is 4.98 Å². The highest BCUT2D eigenvalue weighted by Gasteiger charge is 2.30. The lowest BCUT2D eigenvalue weighted by Crippen LogP contribution is -2.21. The Bertz CT molecular complexity index is 3440. The molecule has 0 unspecified atom stereocenters. The molecule has 0 saturated carbocycles. The van der Waals surface area contributed by atoms with E-state index < -0.39 is 17.5 Å². The number of aliphatic carboxylic acids is 1. The molecule has 10 aromatic rings. The fourth-order valence-corrected chi connectivity index (χ4v) is 9.14.